The standard InChI is InChI=1S/C16H23NO4S/c1-12-5-3-6-13(11-17-22(2,18)19)15-14(12)7-4-8-16(15)20-9-10-21-16/h3,5,11-12,14H,4,6-10H2,1-2H3/b17-11+/t12-,14+/m0/s1. The predicted octanol–water partition coefficient (Wildman–Crippen LogP) is 2.45. The molecule has 3 aliphatic rings. The Balaban J connectivity index is 2.10. The van der Waals surface area contributed by atoms with E-state index in [2.05, 4.69) is 23.5 Å². The van der Waals surface area contributed by atoms with E-state index < -0.39 is 15.8 Å². The van der Waals surface area contributed by atoms with E-state index >= 15 is 0 Å². The summed E-state index contributed by atoms with van der Waals surface area (Å²) >= 11 is 0. The maximum Gasteiger partial charge on any atom is 0.250 e. The summed E-state index contributed by atoms with van der Waals surface area (Å²) in [6.45, 7) is 3.38. The molecule has 3 rings (SSSR count). The van der Waals surface area contributed by atoms with Crippen LogP contribution in [0.15, 0.2) is 27.7 Å². The molecule has 1 saturated heterocycles. The van der Waals surface area contributed by atoms with E-state index in [0.29, 0.717) is 31.5 Å². The van der Waals surface area contributed by atoms with Crippen LogP contribution in [-0.2, 0) is 19.5 Å². The van der Waals surface area contributed by atoms with Crippen LogP contribution in [0.25, 0.3) is 0 Å². The van der Waals surface area contributed by atoms with Gasteiger partial charge in [-0.3, -0.25) is 0 Å². The van der Waals surface area contributed by atoms with Crippen LogP contribution in [0.1, 0.15) is 32.6 Å². The second-order valence-corrected chi connectivity index (χ2v) is 8.02. The van der Waals surface area contributed by atoms with E-state index in [1.165, 1.54) is 6.21 Å². The van der Waals surface area contributed by atoms with Gasteiger partial charge in [0.1, 0.15) is 0 Å². The molecule has 0 radical (unpaired) electrons. The topological polar surface area (TPSA) is 65.0 Å². The highest BCUT2D eigenvalue weighted by atomic mass is 32.2. The first-order valence-corrected chi connectivity index (χ1v) is 9.69. The lowest BCUT2D eigenvalue weighted by Gasteiger charge is -2.41. The first-order valence-electron chi connectivity index (χ1n) is 7.85. The maximum atomic E-state index is 11.4. The normalized spacial score (nSPS) is 31.7. The largest absolute Gasteiger partial charge is 0.344 e. The van der Waals surface area contributed by atoms with E-state index in [4.69, 9.17) is 9.47 Å². The van der Waals surface area contributed by atoms with Crippen LogP contribution >= 0.6 is 0 Å². The molecule has 0 aromatic heterocycles. The summed E-state index contributed by atoms with van der Waals surface area (Å²) in [6.07, 6.45) is 10.6. The number of hydrogen-bond acceptors (Lipinski definition) is 4. The zero-order valence-corrected chi connectivity index (χ0v) is 13.9. The van der Waals surface area contributed by atoms with Crippen LogP contribution in [0.5, 0.6) is 0 Å². The van der Waals surface area contributed by atoms with Crippen LogP contribution < -0.4 is 0 Å². The van der Waals surface area contributed by atoms with Gasteiger partial charge in [0.2, 0.25) is 10.0 Å². The number of ether oxygens (including phenoxy) is 2. The third-order valence-electron chi connectivity index (χ3n) is 4.71. The van der Waals surface area contributed by atoms with Gasteiger partial charge in [-0.2, -0.15) is 4.40 Å². The third-order valence-corrected chi connectivity index (χ3v) is 5.20. The van der Waals surface area contributed by atoms with Crippen molar-refractivity contribution in [1.29, 1.82) is 0 Å². The van der Waals surface area contributed by atoms with Crippen LogP contribution in [0.4, 0.5) is 0 Å². The third kappa shape index (κ3) is 3.05. The maximum absolute atomic E-state index is 11.4. The highest BCUT2D eigenvalue weighted by molar-refractivity contribution is 7.89. The van der Waals surface area contributed by atoms with Crippen LogP contribution in [0.3, 0.4) is 0 Å². The molecule has 1 heterocycles. The first-order chi connectivity index (χ1) is 10.4. The zero-order valence-electron chi connectivity index (χ0n) is 13.1. The van der Waals surface area contributed by atoms with Crippen LogP contribution in [-0.4, -0.2) is 39.9 Å². The Kier molecular flexibility index (Phi) is 4.27. The van der Waals surface area contributed by atoms with Gasteiger partial charge in [-0.05, 0) is 42.2 Å². The molecule has 0 aromatic carbocycles. The van der Waals surface area contributed by atoms with Gasteiger partial charge in [-0.15, -0.1) is 0 Å². The molecule has 0 bridgehead atoms. The van der Waals surface area contributed by atoms with Crippen molar-refractivity contribution in [2.45, 2.75) is 38.4 Å². The summed E-state index contributed by atoms with van der Waals surface area (Å²) < 4.78 is 38.5. The number of allylic oxidation sites excluding steroid dienone is 3. The molecule has 22 heavy (non-hydrogen) atoms. The fourth-order valence-electron chi connectivity index (χ4n) is 3.81. The summed E-state index contributed by atoms with van der Waals surface area (Å²) in [7, 11) is -3.39. The van der Waals surface area contributed by atoms with Gasteiger partial charge in [0, 0.05) is 12.6 Å². The Labute approximate surface area is 132 Å². The summed E-state index contributed by atoms with van der Waals surface area (Å²) in [5, 5.41) is 0. The van der Waals surface area contributed by atoms with Crippen molar-refractivity contribution in [2.24, 2.45) is 16.2 Å². The predicted molar refractivity (Wildman–Crippen MR) is 85.3 cm³/mol. The lowest BCUT2D eigenvalue weighted by molar-refractivity contribution is -0.148. The Hall–Kier alpha value is -0.980. The average molecular weight is 325 g/mol. The van der Waals surface area contributed by atoms with Gasteiger partial charge in [-0.25, -0.2) is 8.42 Å². The Morgan fingerprint density at radius 3 is 2.77 bits per heavy atom. The number of nitrogens with zero attached hydrogens (tertiary/aromatic N) is 1. The van der Waals surface area contributed by atoms with E-state index in [-0.39, 0.29) is 0 Å². The van der Waals surface area contributed by atoms with Crippen molar-refractivity contribution in [3.8, 4) is 0 Å². The molecular weight excluding hydrogens is 302 g/mol. The van der Waals surface area contributed by atoms with E-state index in [9.17, 15) is 8.42 Å². The summed E-state index contributed by atoms with van der Waals surface area (Å²) in [5.41, 5.74) is 2.04. The summed E-state index contributed by atoms with van der Waals surface area (Å²) in [6, 6.07) is 0. The molecule has 1 aliphatic heterocycles. The number of fused-ring (bicyclic) bond motifs is 2. The summed E-state index contributed by atoms with van der Waals surface area (Å²) in [4.78, 5) is 0. The molecule has 1 saturated carbocycles. The van der Waals surface area contributed by atoms with Gasteiger partial charge >= 0.3 is 0 Å². The van der Waals surface area contributed by atoms with Crippen LogP contribution in [0, 0.1) is 11.8 Å². The fourth-order valence-corrected chi connectivity index (χ4v) is 4.13. The molecule has 0 N–H and O–H groups in total. The second-order valence-electron chi connectivity index (χ2n) is 6.35. The minimum absolute atomic E-state index is 0.326. The lowest BCUT2D eigenvalue weighted by atomic mass is 9.72. The van der Waals surface area contributed by atoms with Gasteiger partial charge in [-0.1, -0.05) is 19.1 Å². The Morgan fingerprint density at radius 2 is 2.09 bits per heavy atom. The van der Waals surface area contributed by atoms with Crippen molar-refractivity contribution in [3.05, 3.63) is 23.3 Å². The quantitative estimate of drug-likeness (QED) is 0.578. The van der Waals surface area contributed by atoms with Crippen molar-refractivity contribution in [3.63, 3.8) is 0 Å². The SMILES string of the molecule is C[C@H]1C=CCC(/C=N/S(C)(=O)=O)=C2[C@@H]1CCCC21OCCO1. The Morgan fingerprint density at radius 1 is 1.36 bits per heavy atom. The molecule has 2 fully saturated rings. The average Bonchev–Trinajstić information content (AvgIpc) is 2.83. The molecule has 0 aromatic rings. The van der Waals surface area contributed by atoms with Gasteiger partial charge in [0.15, 0.2) is 5.79 Å². The van der Waals surface area contributed by atoms with Crippen molar-refractivity contribution in [1.82, 2.24) is 0 Å². The minimum atomic E-state index is -3.39. The molecular formula is C16H23NO4S. The van der Waals surface area contributed by atoms with E-state index in [0.717, 1.165) is 36.7 Å². The molecule has 2 atom stereocenters. The Bertz CT molecular complexity index is 627. The first kappa shape index (κ1) is 15.9. The van der Waals surface area contributed by atoms with Crippen molar-refractivity contribution < 1.29 is 17.9 Å². The molecule has 122 valence electrons. The highest BCUT2D eigenvalue weighted by Crippen LogP contribution is 2.48. The lowest BCUT2D eigenvalue weighted by Crippen LogP contribution is -2.41. The smallest absolute Gasteiger partial charge is 0.250 e. The van der Waals surface area contributed by atoms with E-state index in [1.54, 1.807) is 0 Å². The fraction of sp³-hybridized carbons (Fsp3) is 0.688. The molecule has 0 unspecified atom stereocenters. The summed E-state index contributed by atoms with van der Waals surface area (Å²) in [5.74, 6) is 0.0536. The molecule has 5 nitrogen and oxygen atoms in total. The van der Waals surface area contributed by atoms with Gasteiger partial charge in [0.05, 0.1) is 19.5 Å². The second kappa shape index (κ2) is 5.91. The van der Waals surface area contributed by atoms with Crippen molar-refractivity contribution in [2.75, 3.05) is 19.5 Å². The molecule has 0 amide bonds. The van der Waals surface area contributed by atoms with E-state index in [1.807, 2.05) is 0 Å². The molecule has 1 spiro atoms. The zero-order chi connectivity index (χ0) is 15.8. The molecule has 2 aliphatic carbocycles. The van der Waals surface area contributed by atoms with Crippen molar-refractivity contribution >= 4 is 16.2 Å². The van der Waals surface area contributed by atoms with Crippen LogP contribution in [0.2, 0.25) is 0 Å². The number of hydrogen-bond donors (Lipinski definition) is 0. The molecule has 6 heteroatoms. The van der Waals surface area contributed by atoms with Gasteiger partial charge < -0.3 is 9.47 Å². The monoisotopic (exact) mass is 325 g/mol. The number of sulfonamides is 1. The van der Waals surface area contributed by atoms with Gasteiger partial charge in [0.25, 0.3) is 0 Å². The minimum Gasteiger partial charge on any atom is -0.344 e. The highest BCUT2D eigenvalue weighted by Gasteiger charge is 2.48. The number of rotatable bonds is 2.